The second kappa shape index (κ2) is 7.07. The minimum atomic E-state index is 0.0181. The fourth-order valence-electron chi connectivity index (χ4n) is 2.92. The number of carbonyl (C=O) groups excluding carboxylic acids is 1. The summed E-state index contributed by atoms with van der Waals surface area (Å²) in [5, 5.41) is 2.91. The van der Waals surface area contributed by atoms with Crippen molar-refractivity contribution in [2.45, 2.75) is 22.8 Å². The molecule has 0 radical (unpaired) electrons. The topological polar surface area (TPSA) is 45.5 Å². The fourth-order valence-corrected chi connectivity index (χ4v) is 4.02. The van der Waals surface area contributed by atoms with Crippen molar-refractivity contribution in [2.24, 2.45) is 0 Å². The summed E-state index contributed by atoms with van der Waals surface area (Å²) in [7, 11) is 0. The number of nitrogens with one attached hydrogen (secondary N) is 1. The van der Waals surface area contributed by atoms with Gasteiger partial charge in [-0.15, -0.1) is 0 Å². The highest BCUT2D eigenvalue weighted by Crippen LogP contribution is 2.47. The number of hydrogen-bond acceptors (Lipinski definition) is 4. The van der Waals surface area contributed by atoms with Gasteiger partial charge in [-0.1, -0.05) is 36.0 Å². The first kappa shape index (κ1) is 15.8. The number of hydrogen-bond donors (Lipinski definition) is 1. The van der Waals surface area contributed by atoms with Gasteiger partial charge in [0.2, 0.25) is 5.91 Å². The molecule has 0 saturated carbocycles. The van der Waals surface area contributed by atoms with E-state index in [9.17, 15) is 4.79 Å². The molecule has 2 heterocycles. The molecule has 0 bridgehead atoms. The van der Waals surface area contributed by atoms with E-state index in [1.54, 1.807) is 18.0 Å². The molecule has 4 nitrogen and oxygen atoms in total. The molecule has 5 heteroatoms. The maximum absolute atomic E-state index is 12.2. The molecule has 126 valence electrons. The number of furan rings is 1. The van der Waals surface area contributed by atoms with Gasteiger partial charge >= 0.3 is 0 Å². The molecule has 2 aromatic carbocycles. The van der Waals surface area contributed by atoms with E-state index in [0.29, 0.717) is 19.5 Å². The molecule has 0 saturated heterocycles. The van der Waals surface area contributed by atoms with Crippen molar-refractivity contribution in [2.75, 3.05) is 11.4 Å². The van der Waals surface area contributed by atoms with E-state index in [1.165, 1.54) is 9.79 Å². The Labute approximate surface area is 150 Å². The van der Waals surface area contributed by atoms with Crippen LogP contribution in [0.2, 0.25) is 0 Å². The highest BCUT2D eigenvalue weighted by molar-refractivity contribution is 7.99. The number of anilines is 2. The van der Waals surface area contributed by atoms with Crippen LogP contribution in [0.25, 0.3) is 0 Å². The molecule has 1 amide bonds. The molecule has 25 heavy (non-hydrogen) atoms. The maximum atomic E-state index is 12.2. The lowest BCUT2D eigenvalue weighted by molar-refractivity contribution is -0.121. The number of fused-ring (bicyclic) bond motifs is 2. The number of nitrogens with zero attached hydrogens (tertiary/aromatic N) is 1. The highest BCUT2D eigenvalue weighted by atomic mass is 32.2. The molecule has 0 atom stereocenters. The minimum absolute atomic E-state index is 0.0181. The van der Waals surface area contributed by atoms with Crippen LogP contribution in [0.15, 0.2) is 81.1 Å². The quantitative estimate of drug-likeness (QED) is 0.731. The van der Waals surface area contributed by atoms with Crippen LogP contribution in [0, 0.1) is 0 Å². The predicted octanol–water partition coefficient (Wildman–Crippen LogP) is 4.59. The zero-order chi connectivity index (χ0) is 17.1. The van der Waals surface area contributed by atoms with Gasteiger partial charge in [-0.2, -0.15) is 0 Å². The zero-order valence-corrected chi connectivity index (χ0v) is 14.5. The van der Waals surface area contributed by atoms with Crippen molar-refractivity contribution in [3.63, 3.8) is 0 Å². The van der Waals surface area contributed by atoms with E-state index >= 15 is 0 Å². The number of carbonyl (C=O) groups is 1. The van der Waals surface area contributed by atoms with Crippen molar-refractivity contribution in [3.8, 4) is 0 Å². The SMILES string of the molecule is O=C(CCN1c2ccccc2Sc2ccccc21)NCc1ccco1. The van der Waals surface area contributed by atoms with Crippen LogP contribution in [-0.2, 0) is 11.3 Å². The molecule has 0 unspecified atom stereocenters. The first-order valence-corrected chi connectivity index (χ1v) is 9.05. The number of amides is 1. The number of benzene rings is 2. The van der Waals surface area contributed by atoms with E-state index in [2.05, 4.69) is 34.5 Å². The number of rotatable bonds is 5. The van der Waals surface area contributed by atoms with Gasteiger partial charge in [0, 0.05) is 22.8 Å². The van der Waals surface area contributed by atoms with Crippen molar-refractivity contribution in [1.29, 1.82) is 0 Å². The molecular formula is C20H18N2O2S. The summed E-state index contributed by atoms with van der Waals surface area (Å²) in [5.41, 5.74) is 2.31. The largest absolute Gasteiger partial charge is 0.467 e. The summed E-state index contributed by atoms with van der Waals surface area (Å²) >= 11 is 1.77. The van der Waals surface area contributed by atoms with Gasteiger partial charge in [-0.05, 0) is 36.4 Å². The second-order valence-corrected chi connectivity index (χ2v) is 6.88. The Hall–Kier alpha value is -2.66. The summed E-state index contributed by atoms with van der Waals surface area (Å²) in [5.74, 6) is 0.781. The Kier molecular flexibility index (Phi) is 4.48. The van der Waals surface area contributed by atoms with E-state index in [-0.39, 0.29) is 5.91 Å². The summed E-state index contributed by atoms with van der Waals surface area (Å²) in [6.45, 7) is 1.06. The van der Waals surface area contributed by atoms with Crippen LogP contribution in [0.5, 0.6) is 0 Å². The maximum Gasteiger partial charge on any atom is 0.222 e. The van der Waals surface area contributed by atoms with Crippen LogP contribution in [0.3, 0.4) is 0 Å². The van der Waals surface area contributed by atoms with Gasteiger partial charge in [0.15, 0.2) is 0 Å². The van der Waals surface area contributed by atoms with Crippen molar-refractivity contribution in [1.82, 2.24) is 5.32 Å². The first-order chi connectivity index (χ1) is 12.3. The molecular weight excluding hydrogens is 332 g/mol. The third-order valence-electron chi connectivity index (χ3n) is 4.13. The lowest BCUT2D eigenvalue weighted by atomic mass is 10.2. The van der Waals surface area contributed by atoms with E-state index < -0.39 is 0 Å². The standard InChI is InChI=1S/C20H18N2O2S/c23-20(21-14-15-6-5-13-24-15)11-12-22-16-7-1-3-9-18(16)25-19-10-4-2-8-17(19)22/h1-10,13H,11-12,14H2,(H,21,23). The van der Waals surface area contributed by atoms with Crippen molar-refractivity contribution in [3.05, 3.63) is 72.7 Å². The molecule has 0 fully saturated rings. The van der Waals surface area contributed by atoms with Crippen molar-refractivity contribution >= 4 is 29.0 Å². The van der Waals surface area contributed by atoms with Gasteiger partial charge in [0.05, 0.1) is 24.2 Å². The molecule has 0 aliphatic carbocycles. The van der Waals surface area contributed by atoms with Crippen LogP contribution >= 0.6 is 11.8 Å². The average molecular weight is 350 g/mol. The van der Waals surface area contributed by atoms with Crippen LogP contribution in [0.1, 0.15) is 12.2 Å². The van der Waals surface area contributed by atoms with Gasteiger partial charge in [-0.25, -0.2) is 0 Å². The first-order valence-electron chi connectivity index (χ1n) is 8.24. The van der Waals surface area contributed by atoms with Crippen LogP contribution < -0.4 is 10.2 Å². The van der Waals surface area contributed by atoms with Gasteiger partial charge in [-0.3, -0.25) is 4.79 Å². The average Bonchev–Trinajstić information content (AvgIpc) is 3.17. The molecule has 0 spiro atoms. The molecule has 1 aliphatic heterocycles. The summed E-state index contributed by atoms with van der Waals surface area (Å²) in [6, 6.07) is 20.3. The predicted molar refractivity (Wildman–Crippen MR) is 99.2 cm³/mol. The molecule has 1 aromatic heterocycles. The molecule has 3 aromatic rings. The summed E-state index contributed by atoms with van der Waals surface area (Å²) in [6.07, 6.45) is 2.04. The summed E-state index contributed by atoms with van der Waals surface area (Å²) in [4.78, 5) is 16.9. The Balaban J connectivity index is 1.47. The monoisotopic (exact) mass is 350 g/mol. The lowest BCUT2D eigenvalue weighted by Gasteiger charge is -2.32. The molecule has 1 aliphatic rings. The molecule has 4 rings (SSSR count). The Morgan fingerprint density at radius 2 is 1.64 bits per heavy atom. The van der Waals surface area contributed by atoms with Gasteiger partial charge in [0.25, 0.3) is 0 Å². The Morgan fingerprint density at radius 1 is 0.960 bits per heavy atom. The zero-order valence-electron chi connectivity index (χ0n) is 13.6. The Bertz CT molecular complexity index is 831. The lowest BCUT2D eigenvalue weighted by Crippen LogP contribution is -2.29. The normalized spacial score (nSPS) is 12.4. The molecule has 1 N–H and O–H groups in total. The third kappa shape index (κ3) is 3.42. The Morgan fingerprint density at radius 3 is 2.28 bits per heavy atom. The van der Waals surface area contributed by atoms with Gasteiger partial charge < -0.3 is 14.6 Å². The number of para-hydroxylation sites is 2. The van der Waals surface area contributed by atoms with E-state index in [4.69, 9.17) is 4.42 Å². The van der Waals surface area contributed by atoms with E-state index in [0.717, 1.165) is 17.1 Å². The second-order valence-electron chi connectivity index (χ2n) is 5.80. The van der Waals surface area contributed by atoms with Crippen LogP contribution in [-0.4, -0.2) is 12.5 Å². The smallest absolute Gasteiger partial charge is 0.222 e. The fraction of sp³-hybridized carbons (Fsp3) is 0.150. The third-order valence-corrected chi connectivity index (χ3v) is 5.26. The minimum Gasteiger partial charge on any atom is -0.467 e. The van der Waals surface area contributed by atoms with E-state index in [1.807, 2.05) is 36.4 Å². The van der Waals surface area contributed by atoms with Gasteiger partial charge in [0.1, 0.15) is 5.76 Å². The van der Waals surface area contributed by atoms with Crippen LogP contribution in [0.4, 0.5) is 11.4 Å². The summed E-state index contributed by atoms with van der Waals surface area (Å²) < 4.78 is 5.24. The highest BCUT2D eigenvalue weighted by Gasteiger charge is 2.23. The van der Waals surface area contributed by atoms with Crippen molar-refractivity contribution < 1.29 is 9.21 Å².